The van der Waals surface area contributed by atoms with Crippen LogP contribution in [0.15, 0.2) is 48.5 Å². The molecule has 1 saturated heterocycles. The number of rotatable bonds is 5. The van der Waals surface area contributed by atoms with Crippen molar-refractivity contribution in [2.24, 2.45) is 0 Å². The summed E-state index contributed by atoms with van der Waals surface area (Å²) in [5, 5.41) is 3.06. The number of benzene rings is 2. The molecule has 0 saturated carbocycles. The smallest absolute Gasteiger partial charge is 0.282 e. The summed E-state index contributed by atoms with van der Waals surface area (Å²) in [5.41, 5.74) is 4.83. The topological polar surface area (TPSA) is 38.0 Å². The fraction of sp³-hybridized carbons (Fsp3) is 0.409. The van der Waals surface area contributed by atoms with Crippen molar-refractivity contribution in [3.63, 3.8) is 0 Å². The van der Waals surface area contributed by atoms with E-state index < -0.39 is 0 Å². The van der Waals surface area contributed by atoms with Crippen LogP contribution in [0.4, 0.5) is 5.69 Å². The first-order valence-corrected chi connectivity index (χ1v) is 9.62. The molecule has 2 aromatic carbocycles. The summed E-state index contributed by atoms with van der Waals surface area (Å²) in [6.45, 7) is 11.7. The van der Waals surface area contributed by atoms with Gasteiger partial charge in [0.25, 0.3) is 5.91 Å². The fourth-order valence-corrected chi connectivity index (χ4v) is 3.72. The summed E-state index contributed by atoms with van der Waals surface area (Å²) in [7, 11) is 0. The lowest BCUT2D eigenvalue weighted by atomic mass is 10.1. The Balaban J connectivity index is 1.49. The Morgan fingerprint density at radius 3 is 2.35 bits per heavy atom. The van der Waals surface area contributed by atoms with Gasteiger partial charge in [0.05, 0.1) is 0 Å². The molecule has 0 spiro atoms. The highest BCUT2D eigenvalue weighted by Gasteiger charge is 2.31. The average molecular weight is 354 g/mol. The molecule has 3 rings (SSSR count). The lowest BCUT2D eigenvalue weighted by Crippen LogP contribution is -3.29. The van der Waals surface area contributed by atoms with Crippen molar-refractivity contribution >= 4 is 11.6 Å². The summed E-state index contributed by atoms with van der Waals surface area (Å²) in [6, 6.07) is 16.8. The summed E-state index contributed by atoms with van der Waals surface area (Å²) < 4.78 is 0. The molecule has 4 nitrogen and oxygen atoms in total. The zero-order valence-corrected chi connectivity index (χ0v) is 16.1. The van der Waals surface area contributed by atoms with Crippen LogP contribution in [0.1, 0.15) is 23.6 Å². The predicted molar refractivity (Wildman–Crippen MR) is 106 cm³/mol. The number of hydrogen-bond acceptors (Lipinski definition) is 1. The lowest BCUT2D eigenvalue weighted by Gasteiger charge is -2.32. The van der Waals surface area contributed by atoms with Gasteiger partial charge in [-0.2, -0.15) is 0 Å². The van der Waals surface area contributed by atoms with Crippen LogP contribution in [0.5, 0.6) is 0 Å². The Kier molecular flexibility index (Phi) is 6.07. The highest BCUT2D eigenvalue weighted by molar-refractivity contribution is 5.93. The first-order chi connectivity index (χ1) is 12.5. The van der Waals surface area contributed by atoms with Gasteiger partial charge in [-0.1, -0.05) is 47.5 Å². The predicted octanol–water partition coefficient (Wildman–Crippen LogP) is 0.614. The molecule has 4 heteroatoms. The van der Waals surface area contributed by atoms with Gasteiger partial charge in [0, 0.05) is 11.3 Å². The van der Waals surface area contributed by atoms with Gasteiger partial charge in [0.15, 0.2) is 6.04 Å². The van der Waals surface area contributed by atoms with E-state index in [1.54, 1.807) is 4.90 Å². The quantitative estimate of drug-likeness (QED) is 0.724. The SMILES string of the molecule is Cc1ccc(NC(=O)[C@H](C)[NH+]2CC[NH+](Cc3cccc(C)c3)CC2)cc1. The average Bonchev–Trinajstić information content (AvgIpc) is 2.64. The van der Waals surface area contributed by atoms with Crippen molar-refractivity contribution in [2.45, 2.75) is 33.4 Å². The molecule has 1 amide bonds. The Hall–Kier alpha value is -2.17. The third-order valence-electron chi connectivity index (χ3n) is 5.46. The number of hydrogen-bond donors (Lipinski definition) is 3. The third-order valence-corrected chi connectivity index (χ3v) is 5.46. The molecule has 138 valence electrons. The third kappa shape index (κ3) is 4.93. The van der Waals surface area contributed by atoms with Gasteiger partial charge >= 0.3 is 0 Å². The van der Waals surface area contributed by atoms with Crippen LogP contribution in [0, 0.1) is 13.8 Å². The van der Waals surface area contributed by atoms with Gasteiger partial charge in [-0.15, -0.1) is 0 Å². The molecule has 0 aliphatic carbocycles. The van der Waals surface area contributed by atoms with Gasteiger partial charge in [-0.3, -0.25) is 4.79 Å². The van der Waals surface area contributed by atoms with Crippen LogP contribution >= 0.6 is 0 Å². The van der Waals surface area contributed by atoms with Crippen molar-refractivity contribution in [1.29, 1.82) is 0 Å². The second-order valence-corrected chi connectivity index (χ2v) is 7.65. The van der Waals surface area contributed by atoms with E-state index in [0.717, 1.165) is 38.4 Å². The molecule has 0 unspecified atom stereocenters. The zero-order valence-electron chi connectivity index (χ0n) is 16.1. The fourth-order valence-electron chi connectivity index (χ4n) is 3.72. The Labute approximate surface area is 156 Å². The van der Waals surface area contributed by atoms with Crippen molar-refractivity contribution in [1.82, 2.24) is 0 Å². The minimum absolute atomic E-state index is 0.0168. The summed E-state index contributed by atoms with van der Waals surface area (Å²) >= 11 is 0. The van der Waals surface area contributed by atoms with E-state index in [1.165, 1.54) is 21.6 Å². The van der Waals surface area contributed by atoms with E-state index in [9.17, 15) is 4.79 Å². The summed E-state index contributed by atoms with van der Waals surface area (Å²) in [6.07, 6.45) is 0. The number of nitrogens with one attached hydrogen (secondary N) is 3. The van der Waals surface area contributed by atoms with Crippen LogP contribution < -0.4 is 15.1 Å². The molecule has 0 radical (unpaired) electrons. The van der Waals surface area contributed by atoms with Crippen molar-refractivity contribution in [3.05, 3.63) is 65.2 Å². The molecular weight excluding hydrogens is 322 g/mol. The molecule has 1 fully saturated rings. The maximum absolute atomic E-state index is 12.6. The standard InChI is InChI=1S/C22H29N3O/c1-17-7-9-21(10-8-17)23-22(26)19(3)25-13-11-24(12-14-25)16-20-6-4-5-18(2)15-20/h4-10,15,19H,11-14,16H2,1-3H3,(H,23,26)/p+2/t19-/m0/s1. The number of carbonyl (C=O) groups is 1. The minimum Gasteiger partial charge on any atom is -0.322 e. The summed E-state index contributed by atoms with van der Waals surface area (Å²) in [4.78, 5) is 15.6. The molecule has 3 N–H and O–H groups in total. The molecule has 1 heterocycles. The van der Waals surface area contributed by atoms with Crippen LogP contribution in [-0.4, -0.2) is 38.1 Å². The first kappa shape index (κ1) is 18.6. The minimum atomic E-state index is -0.0168. The largest absolute Gasteiger partial charge is 0.322 e. The number of aryl methyl sites for hydroxylation is 2. The van der Waals surface area contributed by atoms with E-state index in [0.29, 0.717) is 0 Å². The van der Waals surface area contributed by atoms with E-state index in [-0.39, 0.29) is 11.9 Å². The normalized spacial score (nSPS) is 21.2. The van der Waals surface area contributed by atoms with E-state index in [4.69, 9.17) is 0 Å². The van der Waals surface area contributed by atoms with Crippen LogP contribution in [0.2, 0.25) is 0 Å². The Morgan fingerprint density at radius 2 is 1.69 bits per heavy atom. The van der Waals surface area contributed by atoms with E-state index >= 15 is 0 Å². The first-order valence-electron chi connectivity index (χ1n) is 9.62. The van der Waals surface area contributed by atoms with Gasteiger partial charge < -0.3 is 15.1 Å². The highest BCUT2D eigenvalue weighted by atomic mass is 16.2. The van der Waals surface area contributed by atoms with Gasteiger partial charge in [-0.25, -0.2) is 0 Å². The molecule has 2 aromatic rings. The lowest BCUT2D eigenvalue weighted by molar-refractivity contribution is -1.02. The van der Waals surface area contributed by atoms with Crippen LogP contribution in [0.25, 0.3) is 0 Å². The van der Waals surface area contributed by atoms with Gasteiger partial charge in [0.1, 0.15) is 32.7 Å². The Bertz CT molecular complexity index is 733. The molecule has 1 atom stereocenters. The number of quaternary nitrogens is 2. The number of amides is 1. The maximum atomic E-state index is 12.6. The molecule has 0 bridgehead atoms. The van der Waals surface area contributed by atoms with Crippen molar-refractivity contribution in [3.8, 4) is 0 Å². The highest BCUT2D eigenvalue weighted by Crippen LogP contribution is 2.08. The zero-order chi connectivity index (χ0) is 18.5. The molecule has 1 aliphatic heterocycles. The molecular formula is C22H31N3O+2. The van der Waals surface area contributed by atoms with Crippen LogP contribution in [-0.2, 0) is 11.3 Å². The van der Waals surface area contributed by atoms with E-state index in [1.807, 2.05) is 31.2 Å². The maximum Gasteiger partial charge on any atom is 0.282 e. The molecule has 0 aromatic heterocycles. The van der Waals surface area contributed by atoms with E-state index in [2.05, 4.69) is 43.4 Å². The number of carbonyl (C=O) groups excluding carboxylic acids is 1. The van der Waals surface area contributed by atoms with Crippen LogP contribution in [0.3, 0.4) is 0 Å². The Morgan fingerprint density at radius 1 is 1.00 bits per heavy atom. The monoisotopic (exact) mass is 353 g/mol. The number of piperazine rings is 1. The molecule has 1 aliphatic rings. The second kappa shape index (κ2) is 8.47. The second-order valence-electron chi connectivity index (χ2n) is 7.65. The molecule has 26 heavy (non-hydrogen) atoms. The van der Waals surface area contributed by atoms with Crippen molar-refractivity contribution < 1.29 is 14.6 Å². The number of anilines is 1. The van der Waals surface area contributed by atoms with Crippen molar-refractivity contribution in [2.75, 3.05) is 31.5 Å². The van der Waals surface area contributed by atoms with Gasteiger partial charge in [0.2, 0.25) is 0 Å². The summed E-state index contributed by atoms with van der Waals surface area (Å²) in [5.74, 6) is 0.117. The van der Waals surface area contributed by atoms with Gasteiger partial charge in [-0.05, 0) is 32.9 Å².